The highest BCUT2D eigenvalue weighted by Gasteiger charge is 2.31. The summed E-state index contributed by atoms with van der Waals surface area (Å²) in [4.78, 5) is 10.4. The molecule has 0 aromatic heterocycles. The van der Waals surface area contributed by atoms with E-state index in [0.29, 0.717) is 11.1 Å². The third-order valence-electron chi connectivity index (χ3n) is 3.60. The summed E-state index contributed by atoms with van der Waals surface area (Å²) >= 11 is 0. The topological polar surface area (TPSA) is 125 Å². The first kappa shape index (κ1) is 17.7. The molecule has 1 aliphatic heterocycles. The lowest BCUT2D eigenvalue weighted by atomic mass is 10.2. The Morgan fingerprint density at radius 2 is 2.00 bits per heavy atom. The Kier molecular flexibility index (Phi) is 4.78. The van der Waals surface area contributed by atoms with Gasteiger partial charge in [-0.25, -0.2) is 5.01 Å². The van der Waals surface area contributed by atoms with Gasteiger partial charge in [-0.2, -0.15) is 13.5 Å². The maximum Gasteiger partial charge on any atom is 0.285 e. The maximum atomic E-state index is 12.2. The number of nitro benzene ring substituents is 1. The minimum Gasteiger partial charge on any atom is -0.394 e. The van der Waals surface area contributed by atoms with Gasteiger partial charge in [0, 0.05) is 23.3 Å². The number of nitrogens with zero attached hydrogens (tertiary/aromatic N) is 4. The quantitative estimate of drug-likeness (QED) is 0.479. The molecule has 0 radical (unpaired) electrons. The standard InChI is InChI=1S/C16H14N4O5S/c21-9-8-19(17-11-12-4-3-5-13(10-12)20(22)23)16-14-6-1-2-7-15(14)26(24,25)18-16/h1-7,10-11,21H,8-9H2/b17-11-. The Labute approximate surface area is 149 Å². The number of non-ortho nitro benzene ring substituents is 1. The van der Waals surface area contributed by atoms with Crippen molar-refractivity contribution in [3.63, 3.8) is 0 Å². The molecule has 3 rings (SSSR count). The van der Waals surface area contributed by atoms with Crippen LogP contribution in [0.3, 0.4) is 0 Å². The number of hydrazone groups is 1. The lowest BCUT2D eigenvalue weighted by Gasteiger charge is -2.17. The van der Waals surface area contributed by atoms with Gasteiger partial charge in [0.2, 0.25) is 0 Å². The van der Waals surface area contributed by atoms with Crippen molar-refractivity contribution in [1.29, 1.82) is 0 Å². The van der Waals surface area contributed by atoms with Crippen LogP contribution >= 0.6 is 0 Å². The molecule has 0 amide bonds. The molecule has 0 atom stereocenters. The number of rotatable bonds is 5. The zero-order valence-electron chi connectivity index (χ0n) is 13.4. The Morgan fingerprint density at radius 1 is 1.23 bits per heavy atom. The monoisotopic (exact) mass is 374 g/mol. The number of nitro groups is 1. The fourth-order valence-electron chi connectivity index (χ4n) is 2.44. The van der Waals surface area contributed by atoms with Gasteiger partial charge in [0.15, 0.2) is 5.84 Å². The van der Waals surface area contributed by atoms with E-state index < -0.39 is 14.9 Å². The molecule has 9 nitrogen and oxygen atoms in total. The number of sulfonamides is 1. The average Bonchev–Trinajstić information content (AvgIpc) is 2.90. The molecular formula is C16H14N4O5S. The molecule has 0 saturated carbocycles. The van der Waals surface area contributed by atoms with Crippen LogP contribution in [-0.4, -0.2) is 48.7 Å². The molecule has 134 valence electrons. The number of amidine groups is 1. The Morgan fingerprint density at radius 3 is 2.73 bits per heavy atom. The zero-order valence-corrected chi connectivity index (χ0v) is 14.2. The fourth-order valence-corrected chi connectivity index (χ4v) is 3.65. The summed E-state index contributed by atoms with van der Waals surface area (Å²) < 4.78 is 28.1. The highest BCUT2D eigenvalue weighted by molar-refractivity contribution is 7.90. The molecule has 1 N–H and O–H groups in total. The minimum atomic E-state index is -3.82. The van der Waals surface area contributed by atoms with Crippen LogP contribution in [0.4, 0.5) is 5.69 Å². The molecule has 0 bridgehead atoms. The van der Waals surface area contributed by atoms with E-state index >= 15 is 0 Å². The predicted octanol–water partition coefficient (Wildman–Crippen LogP) is 1.37. The molecule has 0 fully saturated rings. The SMILES string of the molecule is O=[N+]([O-])c1cccc(/C=N\N(CCO)C2=NS(=O)(=O)c3ccccc32)c1. The number of aliphatic hydroxyl groups is 1. The van der Waals surface area contributed by atoms with Gasteiger partial charge in [-0.15, -0.1) is 4.40 Å². The summed E-state index contributed by atoms with van der Waals surface area (Å²) in [5.74, 6) is 0.0938. The normalized spacial score (nSPS) is 14.9. The maximum absolute atomic E-state index is 12.2. The van der Waals surface area contributed by atoms with Crippen molar-refractivity contribution in [2.45, 2.75) is 4.90 Å². The summed E-state index contributed by atoms with van der Waals surface area (Å²) in [6, 6.07) is 12.1. The molecule has 1 heterocycles. The van der Waals surface area contributed by atoms with Gasteiger partial charge >= 0.3 is 0 Å². The van der Waals surface area contributed by atoms with Crippen molar-refractivity contribution in [2.24, 2.45) is 9.50 Å². The molecule has 0 spiro atoms. The molecule has 2 aromatic carbocycles. The van der Waals surface area contributed by atoms with Crippen molar-refractivity contribution in [3.05, 3.63) is 69.8 Å². The Bertz CT molecular complexity index is 1020. The lowest BCUT2D eigenvalue weighted by Crippen LogP contribution is -2.28. The van der Waals surface area contributed by atoms with E-state index in [2.05, 4.69) is 9.50 Å². The molecule has 10 heteroatoms. The van der Waals surface area contributed by atoms with E-state index in [1.54, 1.807) is 24.3 Å². The molecule has 1 aliphatic rings. The third kappa shape index (κ3) is 3.46. The van der Waals surface area contributed by atoms with Gasteiger partial charge in [0.1, 0.15) is 4.90 Å². The van der Waals surface area contributed by atoms with Crippen LogP contribution < -0.4 is 0 Å². The Balaban J connectivity index is 1.96. The summed E-state index contributed by atoms with van der Waals surface area (Å²) in [6.07, 6.45) is 1.35. The predicted molar refractivity (Wildman–Crippen MR) is 94.6 cm³/mol. The van der Waals surface area contributed by atoms with Crippen molar-refractivity contribution in [1.82, 2.24) is 5.01 Å². The van der Waals surface area contributed by atoms with Gasteiger partial charge in [-0.05, 0) is 12.1 Å². The molecule has 26 heavy (non-hydrogen) atoms. The summed E-state index contributed by atoms with van der Waals surface area (Å²) in [7, 11) is -3.82. The lowest BCUT2D eigenvalue weighted by molar-refractivity contribution is -0.384. The van der Waals surface area contributed by atoms with Crippen LogP contribution in [0.25, 0.3) is 0 Å². The summed E-state index contributed by atoms with van der Waals surface area (Å²) in [5.41, 5.74) is 0.753. The second-order valence-electron chi connectivity index (χ2n) is 5.33. The molecule has 0 aliphatic carbocycles. The zero-order chi connectivity index (χ0) is 18.7. The fraction of sp³-hybridized carbons (Fsp3) is 0.125. The second-order valence-corrected chi connectivity index (χ2v) is 6.90. The van der Waals surface area contributed by atoms with Crippen molar-refractivity contribution in [2.75, 3.05) is 13.2 Å². The highest BCUT2D eigenvalue weighted by atomic mass is 32.2. The van der Waals surface area contributed by atoms with Crippen LogP contribution in [0.1, 0.15) is 11.1 Å². The van der Waals surface area contributed by atoms with Gasteiger partial charge in [-0.3, -0.25) is 10.1 Å². The average molecular weight is 374 g/mol. The van der Waals surface area contributed by atoms with Crippen molar-refractivity contribution >= 4 is 27.8 Å². The summed E-state index contributed by atoms with van der Waals surface area (Å²) in [5, 5.41) is 25.5. The van der Waals surface area contributed by atoms with E-state index in [-0.39, 0.29) is 29.6 Å². The van der Waals surface area contributed by atoms with Crippen LogP contribution in [0.15, 0.2) is 62.9 Å². The number of aliphatic hydroxyl groups excluding tert-OH is 1. The number of hydrogen-bond donors (Lipinski definition) is 1. The molecule has 0 unspecified atom stereocenters. The van der Waals surface area contributed by atoms with Gasteiger partial charge in [0.25, 0.3) is 15.7 Å². The largest absolute Gasteiger partial charge is 0.394 e. The van der Waals surface area contributed by atoms with E-state index in [9.17, 15) is 23.6 Å². The highest BCUT2D eigenvalue weighted by Crippen LogP contribution is 2.27. The first-order chi connectivity index (χ1) is 12.4. The molecule has 2 aromatic rings. The minimum absolute atomic E-state index is 0.00805. The van der Waals surface area contributed by atoms with Crippen LogP contribution in [0, 0.1) is 10.1 Å². The van der Waals surface area contributed by atoms with Crippen LogP contribution in [0.5, 0.6) is 0 Å². The van der Waals surface area contributed by atoms with E-state index in [1.165, 1.54) is 35.5 Å². The Hall–Kier alpha value is -3.11. The van der Waals surface area contributed by atoms with Gasteiger partial charge in [-0.1, -0.05) is 24.3 Å². The number of fused-ring (bicyclic) bond motifs is 1. The second kappa shape index (κ2) is 7.02. The third-order valence-corrected chi connectivity index (χ3v) is 4.92. The molecular weight excluding hydrogens is 360 g/mol. The first-order valence-electron chi connectivity index (χ1n) is 7.53. The number of hydrogen-bond acceptors (Lipinski definition) is 7. The van der Waals surface area contributed by atoms with E-state index in [1.807, 2.05) is 0 Å². The van der Waals surface area contributed by atoms with Crippen LogP contribution in [0.2, 0.25) is 0 Å². The smallest absolute Gasteiger partial charge is 0.285 e. The van der Waals surface area contributed by atoms with Crippen molar-refractivity contribution in [3.8, 4) is 0 Å². The molecule has 0 saturated heterocycles. The number of benzene rings is 2. The van der Waals surface area contributed by atoms with E-state index in [4.69, 9.17) is 0 Å². The van der Waals surface area contributed by atoms with Crippen LogP contribution in [-0.2, 0) is 10.0 Å². The van der Waals surface area contributed by atoms with Gasteiger partial charge < -0.3 is 5.11 Å². The summed E-state index contributed by atoms with van der Waals surface area (Å²) in [6.45, 7) is -0.276. The van der Waals surface area contributed by atoms with Gasteiger partial charge in [0.05, 0.1) is 24.3 Å². The first-order valence-corrected chi connectivity index (χ1v) is 8.97. The van der Waals surface area contributed by atoms with Crippen molar-refractivity contribution < 1.29 is 18.4 Å². The van der Waals surface area contributed by atoms with E-state index in [0.717, 1.165) is 0 Å².